The first-order valence-electron chi connectivity index (χ1n) is 12.9. The monoisotopic (exact) mass is 519 g/mol. The number of nitrogens with zero attached hydrogens (tertiary/aromatic N) is 6. The van der Waals surface area contributed by atoms with Crippen LogP contribution < -0.4 is 15.2 Å². The molecule has 0 radical (unpaired) electrons. The van der Waals surface area contributed by atoms with Crippen LogP contribution in [0.2, 0.25) is 0 Å². The zero-order valence-electron chi connectivity index (χ0n) is 21.2. The molecule has 2 atom stereocenters. The van der Waals surface area contributed by atoms with E-state index >= 15 is 0 Å². The van der Waals surface area contributed by atoms with Crippen molar-refractivity contribution >= 4 is 16.6 Å². The second kappa shape index (κ2) is 10.5. The predicted molar refractivity (Wildman–Crippen MR) is 140 cm³/mol. The molecule has 1 N–H and O–H groups in total. The summed E-state index contributed by atoms with van der Waals surface area (Å²) in [4.78, 5) is 21.0. The Labute approximate surface area is 219 Å². The number of halogens is 1. The van der Waals surface area contributed by atoms with Crippen LogP contribution in [0.15, 0.2) is 53.3 Å². The molecule has 2 unspecified atom stereocenters. The highest BCUT2D eigenvalue weighted by atomic mass is 19.1. The summed E-state index contributed by atoms with van der Waals surface area (Å²) in [6, 6.07) is 13.7. The molecule has 0 saturated carbocycles. The number of fused-ring (bicyclic) bond motifs is 1. The Kier molecular flexibility index (Phi) is 6.77. The Morgan fingerprint density at radius 3 is 2.68 bits per heavy atom. The molecule has 11 heteroatoms. The lowest BCUT2D eigenvalue weighted by molar-refractivity contribution is 0.0906. The Morgan fingerprint density at radius 2 is 1.95 bits per heavy atom. The molecule has 6 rings (SSSR count). The Balaban J connectivity index is 1.35. The van der Waals surface area contributed by atoms with Gasteiger partial charge < -0.3 is 19.4 Å². The van der Waals surface area contributed by atoms with Gasteiger partial charge in [0.2, 0.25) is 0 Å². The van der Waals surface area contributed by atoms with Gasteiger partial charge in [-0.15, -0.1) is 5.10 Å². The van der Waals surface area contributed by atoms with Gasteiger partial charge in [-0.05, 0) is 71.1 Å². The fourth-order valence-electron chi connectivity index (χ4n) is 5.44. The molecule has 2 aliphatic heterocycles. The second-order valence-corrected chi connectivity index (χ2v) is 9.76. The highest BCUT2D eigenvalue weighted by Gasteiger charge is 2.33. The molecule has 2 aromatic carbocycles. The van der Waals surface area contributed by atoms with Crippen molar-refractivity contribution in [1.29, 1.82) is 0 Å². The van der Waals surface area contributed by atoms with E-state index in [0.29, 0.717) is 42.3 Å². The number of hydrogen-bond acceptors (Lipinski definition) is 8. The van der Waals surface area contributed by atoms with Gasteiger partial charge in [-0.25, -0.2) is 9.07 Å². The van der Waals surface area contributed by atoms with E-state index in [-0.39, 0.29) is 17.5 Å². The van der Waals surface area contributed by atoms with E-state index in [0.717, 1.165) is 43.6 Å². The summed E-state index contributed by atoms with van der Waals surface area (Å²) >= 11 is 0. The van der Waals surface area contributed by atoms with E-state index in [1.165, 1.54) is 12.1 Å². The maximum absolute atomic E-state index is 13.5. The molecule has 2 aromatic heterocycles. The van der Waals surface area contributed by atoms with Gasteiger partial charge in [0.25, 0.3) is 5.56 Å². The van der Waals surface area contributed by atoms with E-state index in [1.807, 2.05) is 24.3 Å². The highest BCUT2D eigenvalue weighted by molar-refractivity contribution is 5.80. The van der Waals surface area contributed by atoms with Crippen LogP contribution in [-0.4, -0.2) is 76.1 Å². The number of methoxy groups -OCH3 is 1. The molecule has 0 amide bonds. The van der Waals surface area contributed by atoms with Crippen LogP contribution >= 0.6 is 0 Å². The number of tetrazole rings is 1. The summed E-state index contributed by atoms with van der Waals surface area (Å²) in [5, 5.41) is 13.6. The van der Waals surface area contributed by atoms with Gasteiger partial charge in [-0.1, -0.05) is 0 Å². The van der Waals surface area contributed by atoms with Crippen LogP contribution in [-0.2, 0) is 11.3 Å². The van der Waals surface area contributed by atoms with Crippen LogP contribution in [0.5, 0.6) is 5.75 Å². The molecule has 2 fully saturated rings. The third kappa shape index (κ3) is 4.86. The summed E-state index contributed by atoms with van der Waals surface area (Å²) in [6.45, 7) is 4.07. The quantitative estimate of drug-likeness (QED) is 0.398. The minimum atomic E-state index is -0.447. The highest BCUT2D eigenvalue weighted by Crippen LogP contribution is 2.30. The molecule has 4 heterocycles. The maximum atomic E-state index is 13.5. The maximum Gasteiger partial charge on any atom is 0.253 e. The third-order valence-corrected chi connectivity index (χ3v) is 7.45. The molecule has 10 nitrogen and oxygen atoms in total. The summed E-state index contributed by atoms with van der Waals surface area (Å²) < 4.78 is 26.4. The fourth-order valence-corrected chi connectivity index (χ4v) is 5.44. The summed E-state index contributed by atoms with van der Waals surface area (Å²) in [7, 11) is 1.60. The van der Waals surface area contributed by atoms with Gasteiger partial charge in [0.15, 0.2) is 5.82 Å². The van der Waals surface area contributed by atoms with Crippen LogP contribution in [0, 0.1) is 5.82 Å². The zero-order chi connectivity index (χ0) is 26.1. The Bertz CT molecular complexity index is 1460. The lowest BCUT2D eigenvalue weighted by atomic mass is 10.0. The van der Waals surface area contributed by atoms with E-state index in [4.69, 9.17) is 9.47 Å². The number of anilines is 1. The lowest BCUT2D eigenvalue weighted by Crippen LogP contribution is -2.49. The van der Waals surface area contributed by atoms with Gasteiger partial charge in [0.05, 0.1) is 25.3 Å². The first-order valence-corrected chi connectivity index (χ1v) is 12.9. The number of ether oxygens (including phenoxy) is 2. The molecule has 198 valence electrons. The predicted octanol–water partition coefficient (Wildman–Crippen LogP) is 2.75. The van der Waals surface area contributed by atoms with Crippen LogP contribution in [0.1, 0.15) is 30.3 Å². The summed E-state index contributed by atoms with van der Waals surface area (Å²) in [6.07, 6.45) is 2.03. The molecular formula is C27H30FN7O3. The number of aromatic nitrogens is 5. The smallest absolute Gasteiger partial charge is 0.253 e. The van der Waals surface area contributed by atoms with E-state index in [2.05, 4.69) is 30.3 Å². The van der Waals surface area contributed by atoms with E-state index in [9.17, 15) is 9.18 Å². The topological polar surface area (TPSA) is 101 Å². The van der Waals surface area contributed by atoms with Crippen molar-refractivity contribution in [3.63, 3.8) is 0 Å². The second-order valence-electron chi connectivity index (χ2n) is 9.76. The molecule has 0 aliphatic carbocycles. The Hall–Kier alpha value is -3.83. The summed E-state index contributed by atoms with van der Waals surface area (Å²) in [5.41, 5.74) is 2.07. The van der Waals surface area contributed by atoms with Gasteiger partial charge in [0, 0.05) is 50.1 Å². The number of benzene rings is 2. The molecule has 0 bridgehead atoms. The van der Waals surface area contributed by atoms with E-state index in [1.54, 1.807) is 23.9 Å². The molecule has 0 spiro atoms. The molecule has 2 aliphatic rings. The van der Waals surface area contributed by atoms with Gasteiger partial charge in [-0.3, -0.25) is 9.69 Å². The molecular weight excluding hydrogens is 489 g/mol. The van der Waals surface area contributed by atoms with Crippen molar-refractivity contribution in [1.82, 2.24) is 30.1 Å². The first-order chi connectivity index (χ1) is 18.6. The van der Waals surface area contributed by atoms with Crippen molar-refractivity contribution in [3.05, 3.63) is 76.1 Å². The normalized spacial score (nSPS) is 19.2. The van der Waals surface area contributed by atoms with Crippen molar-refractivity contribution in [2.24, 2.45) is 0 Å². The number of piperazine rings is 1. The standard InChI is InChI=1S/C27H30FN7O3/c1-37-21-9-4-18-15-23(27(36)29-24(18)16-21)25(26-30-31-32-35(26)17-22-3-2-14-38-22)34-12-10-33(11-13-34)20-7-5-19(28)6-8-20/h4-9,15-16,22,25H,2-3,10-14,17H2,1H3,(H,29,36). The van der Waals surface area contributed by atoms with E-state index < -0.39 is 6.04 Å². The van der Waals surface area contributed by atoms with Crippen molar-refractivity contribution in [3.8, 4) is 5.75 Å². The number of nitrogens with one attached hydrogen (secondary N) is 1. The summed E-state index contributed by atoms with van der Waals surface area (Å²) in [5.74, 6) is 1.04. The van der Waals surface area contributed by atoms with Gasteiger partial charge in [-0.2, -0.15) is 0 Å². The number of aromatic amines is 1. The molecule has 38 heavy (non-hydrogen) atoms. The van der Waals surface area contributed by atoms with Crippen LogP contribution in [0.3, 0.4) is 0 Å². The minimum absolute atomic E-state index is 0.0515. The van der Waals surface area contributed by atoms with Crippen molar-refractivity contribution in [2.45, 2.75) is 31.5 Å². The number of pyridine rings is 1. The average Bonchev–Trinajstić information content (AvgIpc) is 3.63. The third-order valence-electron chi connectivity index (χ3n) is 7.45. The van der Waals surface area contributed by atoms with Crippen LogP contribution in [0.25, 0.3) is 10.9 Å². The number of rotatable bonds is 7. The van der Waals surface area contributed by atoms with Gasteiger partial charge >= 0.3 is 0 Å². The van der Waals surface area contributed by atoms with Gasteiger partial charge in [0.1, 0.15) is 17.6 Å². The SMILES string of the molecule is COc1ccc2cc(C(c3nnnn3CC3CCCO3)N3CCN(c4ccc(F)cc4)CC3)c(=O)[nH]c2c1. The molecule has 4 aromatic rings. The Morgan fingerprint density at radius 1 is 1.13 bits per heavy atom. The van der Waals surface area contributed by atoms with Crippen LogP contribution in [0.4, 0.5) is 10.1 Å². The zero-order valence-corrected chi connectivity index (χ0v) is 21.2. The van der Waals surface area contributed by atoms with Crippen molar-refractivity contribution < 1.29 is 13.9 Å². The number of hydrogen-bond donors (Lipinski definition) is 1. The molecule has 2 saturated heterocycles. The number of H-pyrrole nitrogens is 1. The lowest BCUT2D eigenvalue weighted by Gasteiger charge is -2.39. The average molecular weight is 520 g/mol. The fraction of sp³-hybridized carbons (Fsp3) is 0.407. The van der Waals surface area contributed by atoms with Crippen molar-refractivity contribution in [2.75, 3.05) is 44.8 Å². The largest absolute Gasteiger partial charge is 0.497 e. The minimum Gasteiger partial charge on any atom is -0.497 e. The first kappa shape index (κ1) is 24.5.